The summed E-state index contributed by atoms with van der Waals surface area (Å²) in [4.78, 5) is 12.1. The Morgan fingerprint density at radius 3 is 2.08 bits per heavy atom. The van der Waals surface area contributed by atoms with Gasteiger partial charge in [0.2, 0.25) is 0 Å². The van der Waals surface area contributed by atoms with E-state index < -0.39 is 0 Å². The van der Waals surface area contributed by atoms with E-state index >= 15 is 0 Å². The first-order chi connectivity index (χ1) is 12.8. The summed E-state index contributed by atoms with van der Waals surface area (Å²) in [5.74, 6) is 2.42. The normalized spacial score (nSPS) is 15.2. The predicted molar refractivity (Wildman–Crippen MR) is 107 cm³/mol. The van der Waals surface area contributed by atoms with Gasteiger partial charge < -0.3 is 10.6 Å². The van der Waals surface area contributed by atoms with Crippen LogP contribution in [0.1, 0.15) is 12.8 Å². The second-order valence-corrected chi connectivity index (χ2v) is 6.83. The predicted octanol–water partition coefficient (Wildman–Crippen LogP) is 3.99. The Balaban J connectivity index is 1.74. The van der Waals surface area contributed by atoms with E-state index in [4.69, 9.17) is 15.7 Å². The largest absolute Gasteiger partial charge is 0.356 e. The molecule has 132 valence electrons. The Bertz CT molecular complexity index is 783. The lowest BCUT2D eigenvalue weighted by molar-refractivity contribution is 0.413. The van der Waals surface area contributed by atoms with Crippen LogP contribution in [-0.2, 0) is 0 Å². The lowest BCUT2D eigenvalue weighted by Crippen LogP contribution is -2.36. The van der Waals surface area contributed by atoms with Gasteiger partial charge in [-0.15, -0.1) is 0 Å². The fraction of sp³-hybridized carbons (Fsp3) is 0.273. The van der Waals surface area contributed by atoms with Crippen LogP contribution in [0, 0.1) is 5.92 Å². The molecular weight excluding hydrogens is 320 g/mol. The first-order valence-electron chi connectivity index (χ1n) is 9.28. The van der Waals surface area contributed by atoms with Crippen LogP contribution in [0.25, 0.3) is 22.6 Å². The molecule has 26 heavy (non-hydrogen) atoms. The second kappa shape index (κ2) is 7.67. The molecule has 0 bridgehead atoms. The first kappa shape index (κ1) is 16.7. The topological polar surface area (TPSA) is 55.0 Å². The van der Waals surface area contributed by atoms with Crippen molar-refractivity contribution < 1.29 is 0 Å². The summed E-state index contributed by atoms with van der Waals surface area (Å²) < 4.78 is 0. The number of aromatic nitrogens is 2. The molecule has 1 aromatic heterocycles. The van der Waals surface area contributed by atoms with Crippen LogP contribution in [0.3, 0.4) is 0 Å². The lowest BCUT2D eigenvalue weighted by atomic mass is 9.97. The van der Waals surface area contributed by atoms with E-state index in [1.165, 1.54) is 0 Å². The van der Waals surface area contributed by atoms with E-state index in [0.29, 0.717) is 5.92 Å². The molecule has 0 saturated carbocycles. The maximum Gasteiger partial charge on any atom is 0.162 e. The van der Waals surface area contributed by atoms with Crippen molar-refractivity contribution >= 4 is 5.82 Å². The number of anilines is 1. The minimum absolute atomic E-state index is 0.635. The van der Waals surface area contributed by atoms with Crippen molar-refractivity contribution in [1.82, 2.24) is 9.97 Å². The van der Waals surface area contributed by atoms with Crippen molar-refractivity contribution in [2.75, 3.05) is 24.5 Å². The zero-order valence-corrected chi connectivity index (χ0v) is 14.9. The Morgan fingerprint density at radius 1 is 0.846 bits per heavy atom. The highest BCUT2D eigenvalue weighted by atomic mass is 15.2. The number of nitrogens with zero attached hydrogens (tertiary/aromatic N) is 3. The Morgan fingerprint density at radius 2 is 1.46 bits per heavy atom. The molecule has 0 spiro atoms. The minimum Gasteiger partial charge on any atom is -0.356 e. The summed E-state index contributed by atoms with van der Waals surface area (Å²) in [6.07, 6.45) is 2.25. The summed E-state index contributed by atoms with van der Waals surface area (Å²) in [5.41, 5.74) is 8.97. The van der Waals surface area contributed by atoms with Crippen molar-refractivity contribution in [1.29, 1.82) is 0 Å². The Hall–Kier alpha value is -2.72. The van der Waals surface area contributed by atoms with E-state index in [1.54, 1.807) is 0 Å². The molecule has 0 unspecified atom stereocenters. The van der Waals surface area contributed by atoms with Crippen molar-refractivity contribution in [2.24, 2.45) is 11.7 Å². The van der Waals surface area contributed by atoms with Crippen molar-refractivity contribution in [3.05, 3.63) is 66.7 Å². The molecule has 4 rings (SSSR count). The number of hydrogen-bond acceptors (Lipinski definition) is 4. The molecule has 2 N–H and O–H groups in total. The molecule has 1 aliphatic rings. The molecule has 4 heteroatoms. The van der Waals surface area contributed by atoms with Crippen LogP contribution in [0.15, 0.2) is 66.7 Å². The van der Waals surface area contributed by atoms with Crippen LogP contribution in [-0.4, -0.2) is 29.6 Å². The molecular formula is C22H24N4. The highest BCUT2D eigenvalue weighted by Crippen LogP contribution is 2.28. The summed E-state index contributed by atoms with van der Waals surface area (Å²) >= 11 is 0. The first-order valence-corrected chi connectivity index (χ1v) is 9.28. The molecule has 2 aromatic carbocycles. The van der Waals surface area contributed by atoms with Gasteiger partial charge in [-0.3, -0.25) is 0 Å². The molecule has 1 aliphatic heterocycles. The van der Waals surface area contributed by atoms with Crippen molar-refractivity contribution in [3.63, 3.8) is 0 Å². The van der Waals surface area contributed by atoms with Crippen LogP contribution in [0.5, 0.6) is 0 Å². The zero-order chi connectivity index (χ0) is 17.8. The number of hydrogen-bond donors (Lipinski definition) is 1. The maximum atomic E-state index is 5.84. The fourth-order valence-electron chi connectivity index (χ4n) is 3.47. The van der Waals surface area contributed by atoms with Crippen LogP contribution >= 0.6 is 0 Å². The zero-order valence-electron chi connectivity index (χ0n) is 14.9. The third kappa shape index (κ3) is 3.60. The van der Waals surface area contributed by atoms with Gasteiger partial charge in [0.05, 0.1) is 5.69 Å². The van der Waals surface area contributed by atoms with Gasteiger partial charge in [0.15, 0.2) is 5.82 Å². The van der Waals surface area contributed by atoms with Gasteiger partial charge in [-0.25, -0.2) is 9.97 Å². The maximum absolute atomic E-state index is 5.84. The van der Waals surface area contributed by atoms with Crippen LogP contribution in [0.4, 0.5) is 5.82 Å². The molecule has 1 saturated heterocycles. The van der Waals surface area contributed by atoms with Crippen molar-refractivity contribution in [3.8, 4) is 22.6 Å². The van der Waals surface area contributed by atoms with E-state index in [1.807, 2.05) is 36.4 Å². The lowest BCUT2D eigenvalue weighted by Gasteiger charge is -2.32. The van der Waals surface area contributed by atoms with Crippen molar-refractivity contribution in [2.45, 2.75) is 12.8 Å². The van der Waals surface area contributed by atoms with Crippen LogP contribution < -0.4 is 10.6 Å². The number of piperidine rings is 1. The molecule has 4 nitrogen and oxygen atoms in total. The number of rotatable bonds is 4. The third-order valence-corrected chi connectivity index (χ3v) is 5.09. The minimum atomic E-state index is 0.635. The fourth-order valence-corrected chi connectivity index (χ4v) is 3.47. The number of nitrogens with two attached hydrogens (primary N) is 1. The molecule has 2 heterocycles. The van der Waals surface area contributed by atoms with Gasteiger partial charge in [-0.05, 0) is 25.3 Å². The molecule has 3 aromatic rings. The van der Waals surface area contributed by atoms with Gasteiger partial charge in [-0.2, -0.15) is 0 Å². The smallest absolute Gasteiger partial charge is 0.162 e. The third-order valence-electron chi connectivity index (χ3n) is 5.09. The molecule has 1 fully saturated rings. The second-order valence-electron chi connectivity index (χ2n) is 6.83. The van der Waals surface area contributed by atoms with E-state index in [2.05, 4.69) is 35.2 Å². The van der Waals surface area contributed by atoms with Gasteiger partial charge in [0.25, 0.3) is 0 Å². The highest BCUT2D eigenvalue weighted by Gasteiger charge is 2.20. The molecule has 0 atom stereocenters. The summed E-state index contributed by atoms with van der Waals surface area (Å²) in [5, 5.41) is 0. The standard InChI is InChI=1S/C22H24N4/c23-16-17-11-13-26(14-12-17)21-15-20(18-7-3-1-4-8-18)24-22(25-21)19-9-5-2-6-10-19/h1-10,15,17H,11-14,16,23H2. The SMILES string of the molecule is NCC1CCN(c2cc(-c3ccccc3)nc(-c3ccccc3)n2)CC1. The van der Waals surface area contributed by atoms with E-state index in [0.717, 1.165) is 60.9 Å². The van der Waals surface area contributed by atoms with Gasteiger partial charge >= 0.3 is 0 Å². The van der Waals surface area contributed by atoms with Gasteiger partial charge in [0.1, 0.15) is 5.82 Å². The van der Waals surface area contributed by atoms with E-state index in [9.17, 15) is 0 Å². The summed E-state index contributed by atoms with van der Waals surface area (Å²) in [7, 11) is 0. The number of benzene rings is 2. The van der Waals surface area contributed by atoms with E-state index in [-0.39, 0.29) is 0 Å². The Labute approximate surface area is 154 Å². The molecule has 0 amide bonds. The van der Waals surface area contributed by atoms with Gasteiger partial charge in [0, 0.05) is 30.3 Å². The average molecular weight is 344 g/mol. The summed E-state index contributed by atoms with van der Waals surface area (Å²) in [6.45, 7) is 2.78. The summed E-state index contributed by atoms with van der Waals surface area (Å²) in [6, 6.07) is 22.6. The monoisotopic (exact) mass is 344 g/mol. The quantitative estimate of drug-likeness (QED) is 0.778. The highest BCUT2D eigenvalue weighted by molar-refractivity contribution is 5.67. The van der Waals surface area contributed by atoms with Crippen LogP contribution in [0.2, 0.25) is 0 Å². The molecule has 0 aliphatic carbocycles. The average Bonchev–Trinajstić information content (AvgIpc) is 2.75. The Kier molecular flexibility index (Phi) is 4.93. The van der Waals surface area contributed by atoms with Gasteiger partial charge in [-0.1, -0.05) is 60.7 Å². The molecule has 0 radical (unpaired) electrons.